The molecular formula is C17H23N3O. The first-order chi connectivity index (χ1) is 10.2. The van der Waals surface area contributed by atoms with Crippen LogP contribution in [0.25, 0.3) is 0 Å². The van der Waals surface area contributed by atoms with Crippen molar-refractivity contribution in [1.82, 2.24) is 15.1 Å². The van der Waals surface area contributed by atoms with Crippen molar-refractivity contribution in [2.75, 3.05) is 6.61 Å². The first-order valence-electron chi connectivity index (χ1n) is 7.58. The molecule has 4 heteroatoms. The largest absolute Gasteiger partial charge is 0.377 e. The smallest absolute Gasteiger partial charge is 0.0726 e. The highest BCUT2D eigenvalue weighted by molar-refractivity contribution is 5.15. The molecule has 0 amide bonds. The lowest BCUT2D eigenvalue weighted by Gasteiger charge is -2.28. The van der Waals surface area contributed by atoms with Crippen molar-refractivity contribution in [1.29, 1.82) is 0 Å². The molecule has 2 aromatic rings. The summed E-state index contributed by atoms with van der Waals surface area (Å²) in [5.41, 5.74) is 2.55. The quantitative estimate of drug-likeness (QED) is 0.918. The Bertz CT molecular complexity index is 581. The topological polar surface area (TPSA) is 39.1 Å². The van der Waals surface area contributed by atoms with Gasteiger partial charge in [0.1, 0.15) is 0 Å². The van der Waals surface area contributed by atoms with Gasteiger partial charge < -0.3 is 10.1 Å². The van der Waals surface area contributed by atoms with Crippen molar-refractivity contribution >= 4 is 0 Å². The second kappa shape index (κ2) is 6.00. The summed E-state index contributed by atoms with van der Waals surface area (Å²) >= 11 is 0. The maximum absolute atomic E-state index is 5.66. The molecule has 112 valence electrons. The Hall–Kier alpha value is -1.65. The van der Waals surface area contributed by atoms with Gasteiger partial charge in [-0.05, 0) is 25.8 Å². The molecule has 1 N–H and O–H groups in total. The zero-order chi connectivity index (χ0) is 14.7. The molecule has 1 aliphatic rings. The predicted octanol–water partition coefficient (Wildman–Crippen LogP) is 2.59. The fraction of sp³-hybridized carbons (Fsp3) is 0.471. The van der Waals surface area contributed by atoms with E-state index in [9.17, 15) is 0 Å². The minimum Gasteiger partial charge on any atom is -0.377 e. The maximum atomic E-state index is 5.66. The van der Waals surface area contributed by atoms with E-state index < -0.39 is 0 Å². The van der Waals surface area contributed by atoms with Crippen LogP contribution in [0.5, 0.6) is 0 Å². The molecule has 3 rings (SSSR count). The van der Waals surface area contributed by atoms with Crippen LogP contribution < -0.4 is 5.32 Å². The van der Waals surface area contributed by atoms with E-state index in [0.717, 1.165) is 26.1 Å². The summed E-state index contributed by atoms with van der Waals surface area (Å²) in [4.78, 5) is 0. The predicted molar refractivity (Wildman–Crippen MR) is 83.0 cm³/mol. The molecule has 0 bridgehead atoms. The minimum atomic E-state index is 0.0710. The van der Waals surface area contributed by atoms with E-state index in [-0.39, 0.29) is 11.6 Å². The SMILES string of the molecule is CC1OCCC1(C)NCc1cnn(Cc2ccccc2)c1. The molecule has 0 aliphatic carbocycles. The molecule has 1 aromatic heterocycles. The van der Waals surface area contributed by atoms with Crippen molar-refractivity contribution in [2.24, 2.45) is 0 Å². The average molecular weight is 285 g/mol. The van der Waals surface area contributed by atoms with Crippen LogP contribution in [0.15, 0.2) is 42.7 Å². The van der Waals surface area contributed by atoms with Crippen molar-refractivity contribution in [2.45, 2.75) is 45.0 Å². The van der Waals surface area contributed by atoms with Gasteiger partial charge in [0, 0.05) is 30.5 Å². The standard InChI is InChI=1S/C17H23N3O/c1-14-17(2,8-9-21-14)18-10-16-11-19-20(13-16)12-15-6-4-3-5-7-15/h3-7,11,13-14,18H,8-10,12H2,1-2H3. The average Bonchev–Trinajstić information content (AvgIpc) is 3.06. The maximum Gasteiger partial charge on any atom is 0.0726 e. The zero-order valence-electron chi connectivity index (χ0n) is 12.7. The van der Waals surface area contributed by atoms with E-state index >= 15 is 0 Å². The normalized spacial score (nSPS) is 25.3. The Kier molecular flexibility index (Phi) is 4.08. The number of nitrogens with one attached hydrogen (secondary N) is 1. The van der Waals surface area contributed by atoms with Crippen molar-refractivity contribution in [3.63, 3.8) is 0 Å². The van der Waals surface area contributed by atoms with Gasteiger partial charge in [-0.3, -0.25) is 4.68 Å². The summed E-state index contributed by atoms with van der Waals surface area (Å²) in [5, 5.41) is 8.07. The molecule has 21 heavy (non-hydrogen) atoms. The molecule has 0 spiro atoms. The number of hydrogen-bond acceptors (Lipinski definition) is 3. The Labute approximate surface area is 126 Å². The number of aromatic nitrogens is 2. The van der Waals surface area contributed by atoms with Gasteiger partial charge in [0.25, 0.3) is 0 Å². The van der Waals surface area contributed by atoms with Gasteiger partial charge in [-0.1, -0.05) is 30.3 Å². The van der Waals surface area contributed by atoms with E-state index in [1.54, 1.807) is 0 Å². The second-order valence-electron chi connectivity index (χ2n) is 6.07. The molecule has 4 nitrogen and oxygen atoms in total. The molecule has 1 fully saturated rings. The molecule has 2 atom stereocenters. The highest BCUT2D eigenvalue weighted by Crippen LogP contribution is 2.25. The van der Waals surface area contributed by atoms with E-state index in [1.165, 1.54) is 11.1 Å². The first-order valence-corrected chi connectivity index (χ1v) is 7.58. The van der Waals surface area contributed by atoms with Gasteiger partial charge in [0.15, 0.2) is 0 Å². The first kappa shape index (κ1) is 14.3. The lowest BCUT2D eigenvalue weighted by atomic mass is 9.94. The van der Waals surface area contributed by atoms with Crippen LogP contribution >= 0.6 is 0 Å². The van der Waals surface area contributed by atoms with Crippen molar-refractivity contribution in [3.05, 3.63) is 53.9 Å². The van der Waals surface area contributed by atoms with E-state index in [4.69, 9.17) is 4.74 Å². The Balaban J connectivity index is 1.58. The summed E-state index contributed by atoms with van der Waals surface area (Å²) in [6.45, 7) is 6.87. The van der Waals surface area contributed by atoms with Gasteiger partial charge in [-0.15, -0.1) is 0 Å². The zero-order valence-corrected chi connectivity index (χ0v) is 12.7. The van der Waals surface area contributed by atoms with Crippen LogP contribution in [-0.4, -0.2) is 28.0 Å². The van der Waals surface area contributed by atoms with E-state index in [0.29, 0.717) is 0 Å². The second-order valence-corrected chi connectivity index (χ2v) is 6.07. The number of hydrogen-bond donors (Lipinski definition) is 1. The molecule has 0 radical (unpaired) electrons. The Morgan fingerprint density at radius 3 is 2.86 bits per heavy atom. The van der Waals surface area contributed by atoms with Crippen LogP contribution in [0.2, 0.25) is 0 Å². The summed E-state index contributed by atoms with van der Waals surface area (Å²) in [6.07, 6.45) is 5.38. The fourth-order valence-corrected chi connectivity index (χ4v) is 2.73. The monoisotopic (exact) mass is 285 g/mol. The fourth-order valence-electron chi connectivity index (χ4n) is 2.73. The van der Waals surface area contributed by atoms with Gasteiger partial charge in [-0.2, -0.15) is 5.10 Å². The van der Waals surface area contributed by atoms with Crippen molar-refractivity contribution in [3.8, 4) is 0 Å². The summed E-state index contributed by atoms with van der Waals surface area (Å²) in [6, 6.07) is 10.4. The highest BCUT2D eigenvalue weighted by Gasteiger charge is 2.36. The van der Waals surface area contributed by atoms with Gasteiger partial charge in [0.2, 0.25) is 0 Å². The molecular weight excluding hydrogens is 262 g/mol. The van der Waals surface area contributed by atoms with E-state index in [1.807, 2.05) is 16.9 Å². The van der Waals surface area contributed by atoms with Gasteiger partial charge in [0.05, 0.1) is 18.8 Å². The summed E-state index contributed by atoms with van der Waals surface area (Å²) < 4.78 is 7.65. The molecule has 2 heterocycles. The van der Waals surface area contributed by atoms with Crippen LogP contribution in [-0.2, 0) is 17.8 Å². The van der Waals surface area contributed by atoms with Crippen LogP contribution in [0.1, 0.15) is 31.4 Å². The van der Waals surface area contributed by atoms with Gasteiger partial charge in [-0.25, -0.2) is 0 Å². The van der Waals surface area contributed by atoms with Crippen molar-refractivity contribution < 1.29 is 4.74 Å². The molecule has 1 saturated heterocycles. The van der Waals surface area contributed by atoms with Gasteiger partial charge >= 0.3 is 0 Å². The Morgan fingerprint density at radius 2 is 2.14 bits per heavy atom. The molecule has 1 aliphatic heterocycles. The third-order valence-electron chi connectivity index (χ3n) is 4.46. The minimum absolute atomic E-state index is 0.0710. The third kappa shape index (κ3) is 3.34. The number of ether oxygens (including phenoxy) is 1. The molecule has 1 aromatic carbocycles. The number of nitrogens with zero attached hydrogens (tertiary/aromatic N) is 2. The summed E-state index contributed by atoms with van der Waals surface area (Å²) in [5.74, 6) is 0. The number of benzene rings is 1. The summed E-state index contributed by atoms with van der Waals surface area (Å²) in [7, 11) is 0. The highest BCUT2D eigenvalue weighted by atomic mass is 16.5. The van der Waals surface area contributed by atoms with Crippen LogP contribution in [0, 0.1) is 0 Å². The van der Waals surface area contributed by atoms with Crippen LogP contribution in [0.4, 0.5) is 0 Å². The number of rotatable bonds is 5. The lowest BCUT2D eigenvalue weighted by molar-refractivity contribution is 0.0881. The van der Waals surface area contributed by atoms with E-state index in [2.05, 4.69) is 54.7 Å². The molecule has 2 unspecified atom stereocenters. The lowest BCUT2D eigenvalue weighted by Crippen LogP contribution is -2.47. The Morgan fingerprint density at radius 1 is 1.33 bits per heavy atom. The third-order valence-corrected chi connectivity index (χ3v) is 4.46. The molecule has 0 saturated carbocycles. The van der Waals surface area contributed by atoms with Crippen LogP contribution in [0.3, 0.4) is 0 Å².